The van der Waals surface area contributed by atoms with Crippen LogP contribution in [0, 0.1) is 0 Å². The van der Waals surface area contributed by atoms with Gasteiger partial charge in [0.15, 0.2) is 5.96 Å². The number of hydrogen-bond acceptors (Lipinski definition) is 4. The highest BCUT2D eigenvalue weighted by Crippen LogP contribution is 2.25. The second-order valence-corrected chi connectivity index (χ2v) is 6.88. The topological polar surface area (TPSA) is 75.2 Å². The number of halogens is 2. The second-order valence-electron chi connectivity index (χ2n) is 6.48. The third-order valence-electron chi connectivity index (χ3n) is 4.16. The predicted octanol–water partition coefficient (Wildman–Crippen LogP) is 3.30. The number of carbonyl (C=O) groups is 1. The maximum absolute atomic E-state index is 11.9. The number of rotatable bonds is 8. The lowest BCUT2D eigenvalue weighted by atomic mass is 10.2. The van der Waals surface area contributed by atoms with Crippen LogP contribution in [0.1, 0.15) is 11.1 Å². The number of guanidine groups is 1. The number of nitrogens with one attached hydrogen (secondary N) is 2. The first-order valence-electron chi connectivity index (χ1n) is 9.10. The number of benzene rings is 2. The van der Waals surface area contributed by atoms with Crippen LogP contribution >= 0.6 is 35.6 Å². The van der Waals surface area contributed by atoms with Crippen molar-refractivity contribution in [1.82, 2.24) is 15.5 Å². The van der Waals surface area contributed by atoms with Gasteiger partial charge in [0.05, 0.1) is 32.3 Å². The molecule has 2 rings (SSSR count). The minimum atomic E-state index is -0.0450. The van der Waals surface area contributed by atoms with Crippen molar-refractivity contribution in [3.8, 4) is 11.5 Å². The Hall–Kier alpha value is -2.20. The predicted molar refractivity (Wildman–Crippen MR) is 131 cm³/mol. The van der Waals surface area contributed by atoms with E-state index in [1.54, 1.807) is 34.4 Å². The number of likely N-dealkylation sites (N-methyl/N-ethyl adjacent to an activating group) is 1. The molecule has 0 saturated carbocycles. The van der Waals surface area contributed by atoms with Crippen molar-refractivity contribution >= 4 is 47.4 Å². The van der Waals surface area contributed by atoms with Crippen molar-refractivity contribution in [1.29, 1.82) is 0 Å². The number of amides is 1. The highest BCUT2D eigenvalue weighted by molar-refractivity contribution is 14.0. The first kappa shape index (κ1) is 25.8. The molecule has 0 atom stereocenters. The van der Waals surface area contributed by atoms with Gasteiger partial charge in [0.25, 0.3) is 0 Å². The molecule has 2 aromatic rings. The summed E-state index contributed by atoms with van der Waals surface area (Å²) in [5, 5.41) is 6.84. The summed E-state index contributed by atoms with van der Waals surface area (Å²) in [7, 11) is 6.64. The van der Waals surface area contributed by atoms with Crippen LogP contribution in [-0.4, -0.2) is 51.6 Å². The number of carbonyl (C=O) groups excluding carboxylic acids is 1. The van der Waals surface area contributed by atoms with E-state index in [0.29, 0.717) is 29.8 Å². The lowest BCUT2D eigenvalue weighted by molar-refractivity contribution is -0.127. The van der Waals surface area contributed by atoms with Crippen LogP contribution < -0.4 is 20.1 Å². The van der Waals surface area contributed by atoms with Crippen LogP contribution in [0.25, 0.3) is 0 Å². The molecule has 164 valence electrons. The molecule has 0 heterocycles. The summed E-state index contributed by atoms with van der Waals surface area (Å²) in [5.74, 6) is 1.90. The molecular weight excluding hydrogens is 519 g/mol. The van der Waals surface area contributed by atoms with Crippen LogP contribution in [0.3, 0.4) is 0 Å². The van der Waals surface area contributed by atoms with Gasteiger partial charge in [-0.1, -0.05) is 29.8 Å². The third kappa shape index (κ3) is 8.27. The summed E-state index contributed by atoms with van der Waals surface area (Å²) >= 11 is 6.18. The largest absolute Gasteiger partial charge is 0.497 e. The molecule has 0 aliphatic carbocycles. The Kier molecular flexibility index (Phi) is 11.3. The fourth-order valence-corrected chi connectivity index (χ4v) is 2.68. The van der Waals surface area contributed by atoms with Gasteiger partial charge in [0, 0.05) is 20.6 Å². The number of ether oxygens (including phenoxy) is 2. The van der Waals surface area contributed by atoms with Crippen LogP contribution in [0.4, 0.5) is 0 Å². The quantitative estimate of drug-likeness (QED) is 0.302. The van der Waals surface area contributed by atoms with Gasteiger partial charge >= 0.3 is 0 Å². The average molecular weight is 547 g/mol. The molecular formula is C21H28ClIN4O3. The monoisotopic (exact) mass is 546 g/mol. The van der Waals surface area contributed by atoms with Crippen molar-refractivity contribution in [2.24, 2.45) is 4.99 Å². The summed E-state index contributed by atoms with van der Waals surface area (Å²) in [6, 6.07) is 13.3. The zero-order valence-corrected chi connectivity index (χ0v) is 20.7. The lowest BCUT2D eigenvalue weighted by Gasteiger charge is -2.15. The molecule has 0 unspecified atom stereocenters. The Labute approximate surface area is 199 Å². The zero-order valence-electron chi connectivity index (χ0n) is 17.6. The molecule has 1 amide bonds. The van der Waals surface area contributed by atoms with Gasteiger partial charge in [-0.15, -0.1) is 24.0 Å². The first-order valence-corrected chi connectivity index (χ1v) is 9.48. The fraction of sp³-hybridized carbons (Fsp3) is 0.333. The molecule has 7 nitrogen and oxygen atoms in total. The molecule has 0 saturated heterocycles. The van der Waals surface area contributed by atoms with Gasteiger partial charge in [-0.3, -0.25) is 4.79 Å². The van der Waals surface area contributed by atoms with E-state index in [-0.39, 0.29) is 36.4 Å². The van der Waals surface area contributed by atoms with E-state index in [9.17, 15) is 4.79 Å². The number of methoxy groups -OCH3 is 2. The van der Waals surface area contributed by atoms with Crippen LogP contribution in [0.2, 0.25) is 5.02 Å². The fourth-order valence-electron chi connectivity index (χ4n) is 2.40. The molecule has 2 aromatic carbocycles. The van der Waals surface area contributed by atoms with E-state index in [4.69, 9.17) is 21.1 Å². The van der Waals surface area contributed by atoms with E-state index >= 15 is 0 Å². The van der Waals surface area contributed by atoms with E-state index in [2.05, 4.69) is 15.6 Å². The molecule has 2 N–H and O–H groups in total. The summed E-state index contributed by atoms with van der Waals surface area (Å²) in [5.41, 5.74) is 1.99. The smallest absolute Gasteiger partial charge is 0.241 e. The summed E-state index contributed by atoms with van der Waals surface area (Å²) in [6.07, 6.45) is 0. The van der Waals surface area contributed by atoms with Crippen molar-refractivity contribution in [3.63, 3.8) is 0 Å². The zero-order chi connectivity index (χ0) is 21.2. The van der Waals surface area contributed by atoms with E-state index < -0.39 is 0 Å². The van der Waals surface area contributed by atoms with E-state index in [1.165, 1.54) is 4.90 Å². The SMILES string of the molecule is COc1ccc(CNC(=NCc2ccc(OC)c(Cl)c2)NCC(=O)N(C)C)cc1.I. The lowest BCUT2D eigenvalue weighted by Crippen LogP contribution is -2.42. The highest BCUT2D eigenvalue weighted by atomic mass is 127. The van der Waals surface area contributed by atoms with Crippen molar-refractivity contribution in [2.75, 3.05) is 34.9 Å². The highest BCUT2D eigenvalue weighted by Gasteiger charge is 2.07. The van der Waals surface area contributed by atoms with Crippen LogP contribution in [0.5, 0.6) is 11.5 Å². The van der Waals surface area contributed by atoms with Crippen molar-refractivity contribution in [3.05, 3.63) is 58.6 Å². The summed E-state index contributed by atoms with van der Waals surface area (Å²) < 4.78 is 10.4. The first-order chi connectivity index (χ1) is 13.9. The Morgan fingerprint density at radius 3 is 2.27 bits per heavy atom. The molecule has 30 heavy (non-hydrogen) atoms. The maximum atomic E-state index is 11.9. The minimum Gasteiger partial charge on any atom is -0.497 e. The molecule has 0 bridgehead atoms. The van der Waals surface area contributed by atoms with Crippen molar-refractivity contribution < 1.29 is 14.3 Å². The molecule has 9 heteroatoms. The minimum absolute atomic E-state index is 0. The van der Waals surface area contributed by atoms with Crippen LogP contribution in [-0.2, 0) is 17.9 Å². The van der Waals surface area contributed by atoms with Gasteiger partial charge in [-0.2, -0.15) is 0 Å². The Bertz CT molecular complexity index is 845. The Morgan fingerprint density at radius 2 is 1.70 bits per heavy atom. The standard InChI is InChI=1S/C21H27ClN4O3.HI/c1-26(2)20(27)14-25-21(23-12-15-5-8-17(28-3)9-6-15)24-13-16-7-10-19(29-4)18(22)11-16;/h5-11H,12-14H2,1-4H3,(H2,23,24,25);1H. The van der Waals surface area contributed by atoms with Gasteiger partial charge in [-0.25, -0.2) is 4.99 Å². The average Bonchev–Trinajstić information content (AvgIpc) is 2.73. The van der Waals surface area contributed by atoms with Gasteiger partial charge in [0.2, 0.25) is 5.91 Å². The Morgan fingerprint density at radius 1 is 1.03 bits per heavy atom. The molecule has 0 spiro atoms. The molecule has 0 aliphatic heterocycles. The number of aliphatic imine (C=N–C) groups is 1. The molecule has 0 radical (unpaired) electrons. The number of nitrogens with zero attached hydrogens (tertiary/aromatic N) is 2. The molecule has 0 fully saturated rings. The number of hydrogen-bond donors (Lipinski definition) is 2. The van der Waals surface area contributed by atoms with E-state index in [1.807, 2.05) is 36.4 Å². The summed E-state index contributed by atoms with van der Waals surface area (Å²) in [4.78, 5) is 18.0. The normalized spacial score (nSPS) is 10.6. The van der Waals surface area contributed by atoms with Crippen LogP contribution in [0.15, 0.2) is 47.5 Å². The Balaban J connectivity index is 0.00000450. The summed E-state index contributed by atoms with van der Waals surface area (Å²) in [6.45, 7) is 1.10. The molecule has 0 aliphatic rings. The van der Waals surface area contributed by atoms with Gasteiger partial charge in [0.1, 0.15) is 11.5 Å². The molecule has 0 aromatic heterocycles. The van der Waals surface area contributed by atoms with E-state index in [0.717, 1.165) is 16.9 Å². The maximum Gasteiger partial charge on any atom is 0.241 e. The second kappa shape index (κ2) is 13.2. The van der Waals surface area contributed by atoms with Crippen molar-refractivity contribution in [2.45, 2.75) is 13.1 Å². The van der Waals surface area contributed by atoms with Gasteiger partial charge in [-0.05, 0) is 35.4 Å². The third-order valence-corrected chi connectivity index (χ3v) is 4.46. The van der Waals surface area contributed by atoms with Gasteiger partial charge < -0.3 is 25.0 Å².